The van der Waals surface area contributed by atoms with Crippen LogP contribution in [-0.4, -0.2) is 12.5 Å². The first-order valence-corrected chi connectivity index (χ1v) is 6.00. The molecule has 1 rings (SSSR count). The predicted molar refractivity (Wildman–Crippen MR) is 70.3 cm³/mol. The van der Waals surface area contributed by atoms with Gasteiger partial charge in [-0.15, -0.1) is 6.58 Å². The van der Waals surface area contributed by atoms with E-state index in [9.17, 15) is 4.79 Å². The zero-order valence-electron chi connectivity index (χ0n) is 9.32. The maximum atomic E-state index is 11.5. The van der Waals surface area contributed by atoms with Gasteiger partial charge in [0.25, 0.3) is 0 Å². The van der Waals surface area contributed by atoms with Crippen LogP contribution in [0.3, 0.4) is 0 Å². The maximum Gasteiger partial charge on any atom is 0.221 e. The largest absolute Gasteiger partial charge is 0.353 e. The molecule has 17 heavy (non-hydrogen) atoms. The SMILES string of the molecule is C=CCNC(=O)CC(C#N)c1ccccc1Br. The molecule has 1 unspecified atom stereocenters. The third-order valence-electron chi connectivity index (χ3n) is 2.27. The maximum absolute atomic E-state index is 11.5. The Bertz CT molecular complexity index is 451. The van der Waals surface area contributed by atoms with E-state index in [1.54, 1.807) is 6.08 Å². The average Bonchev–Trinajstić information content (AvgIpc) is 2.34. The summed E-state index contributed by atoms with van der Waals surface area (Å²) in [4.78, 5) is 11.5. The lowest BCUT2D eigenvalue weighted by Gasteiger charge is -2.10. The highest BCUT2D eigenvalue weighted by Gasteiger charge is 2.17. The van der Waals surface area contributed by atoms with Gasteiger partial charge in [-0.2, -0.15) is 5.26 Å². The lowest BCUT2D eigenvalue weighted by atomic mass is 9.97. The summed E-state index contributed by atoms with van der Waals surface area (Å²) in [5, 5.41) is 11.8. The third-order valence-corrected chi connectivity index (χ3v) is 2.99. The van der Waals surface area contributed by atoms with Crippen LogP contribution in [0.1, 0.15) is 17.9 Å². The molecule has 88 valence electrons. The minimum Gasteiger partial charge on any atom is -0.353 e. The monoisotopic (exact) mass is 292 g/mol. The average molecular weight is 293 g/mol. The molecule has 1 aromatic rings. The van der Waals surface area contributed by atoms with Crippen LogP contribution in [0.4, 0.5) is 0 Å². The Labute approximate surface area is 109 Å². The molecule has 0 heterocycles. The molecule has 0 aliphatic heterocycles. The summed E-state index contributed by atoms with van der Waals surface area (Å²) in [5.41, 5.74) is 0.837. The number of rotatable bonds is 5. The summed E-state index contributed by atoms with van der Waals surface area (Å²) in [6.07, 6.45) is 1.77. The zero-order valence-corrected chi connectivity index (χ0v) is 10.9. The van der Waals surface area contributed by atoms with Crippen molar-refractivity contribution in [3.63, 3.8) is 0 Å². The van der Waals surface area contributed by atoms with Crippen molar-refractivity contribution in [2.75, 3.05) is 6.54 Å². The number of nitrogens with one attached hydrogen (secondary N) is 1. The highest BCUT2D eigenvalue weighted by Crippen LogP contribution is 2.26. The number of carbonyl (C=O) groups excluding carboxylic acids is 1. The fourth-order valence-electron chi connectivity index (χ4n) is 1.43. The lowest BCUT2D eigenvalue weighted by Crippen LogP contribution is -2.24. The van der Waals surface area contributed by atoms with Gasteiger partial charge in [-0.25, -0.2) is 0 Å². The van der Waals surface area contributed by atoms with Crippen LogP contribution in [0, 0.1) is 11.3 Å². The highest BCUT2D eigenvalue weighted by molar-refractivity contribution is 9.10. The van der Waals surface area contributed by atoms with Crippen LogP contribution in [0.25, 0.3) is 0 Å². The number of halogens is 1. The number of carbonyl (C=O) groups is 1. The second kappa shape index (κ2) is 6.87. The van der Waals surface area contributed by atoms with Gasteiger partial charge in [-0.3, -0.25) is 4.79 Å². The van der Waals surface area contributed by atoms with E-state index in [0.717, 1.165) is 10.0 Å². The Hall–Kier alpha value is -1.60. The second-order valence-corrected chi connectivity index (χ2v) is 4.35. The Morgan fingerprint density at radius 3 is 2.88 bits per heavy atom. The number of benzene rings is 1. The molecule has 3 nitrogen and oxygen atoms in total. The summed E-state index contributed by atoms with van der Waals surface area (Å²) in [6.45, 7) is 3.94. The van der Waals surface area contributed by atoms with Gasteiger partial charge in [-0.05, 0) is 11.6 Å². The third kappa shape index (κ3) is 4.04. The second-order valence-electron chi connectivity index (χ2n) is 3.50. The molecule has 0 fully saturated rings. The molecule has 0 aromatic heterocycles. The first-order chi connectivity index (χ1) is 8.19. The van der Waals surface area contributed by atoms with E-state index in [1.807, 2.05) is 24.3 Å². The molecular formula is C13H13BrN2O. The van der Waals surface area contributed by atoms with Crippen LogP contribution < -0.4 is 5.32 Å². The van der Waals surface area contributed by atoms with Crippen LogP contribution >= 0.6 is 15.9 Å². The van der Waals surface area contributed by atoms with Gasteiger partial charge in [0, 0.05) is 17.4 Å². The van der Waals surface area contributed by atoms with E-state index in [4.69, 9.17) is 5.26 Å². The van der Waals surface area contributed by atoms with Crippen molar-refractivity contribution in [1.82, 2.24) is 5.32 Å². The quantitative estimate of drug-likeness (QED) is 0.849. The molecule has 0 aliphatic carbocycles. The topological polar surface area (TPSA) is 52.9 Å². The van der Waals surface area contributed by atoms with Crippen LogP contribution in [0.2, 0.25) is 0 Å². The van der Waals surface area contributed by atoms with Gasteiger partial charge in [0.15, 0.2) is 0 Å². The van der Waals surface area contributed by atoms with E-state index in [-0.39, 0.29) is 12.3 Å². The molecule has 4 heteroatoms. The summed E-state index contributed by atoms with van der Waals surface area (Å²) in [6, 6.07) is 9.59. The lowest BCUT2D eigenvalue weighted by molar-refractivity contribution is -0.121. The van der Waals surface area contributed by atoms with Crippen molar-refractivity contribution in [2.45, 2.75) is 12.3 Å². The normalized spacial score (nSPS) is 11.3. The molecule has 1 N–H and O–H groups in total. The first kappa shape index (κ1) is 13.5. The van der Waals surface area contributed by atoms with Gasteiger partial charge in [-0.1, -0.05) is 40.2 Å². The molecule has 0 aliphatic rings. The van der Waals surface area contributed by atoms with Gasteiger partial charge in [0.05, 0.1) is 12.0 Å². The summed E-state index contributed by atoms with van der Waals surface area (Å²) >= 11 is 3.38. The van der Waals surface area contributed by atoms with Crippen LogP contribution in [0.15, 0.2) is 41.4 Å². The van der Waals surface area contributed by atoms with Crippen LogP contribution in [-0.2, 0) is 4.79 Å². The smallest absolute Gasteiger partial charge is 0.221 e. The predicted octanol–water partition coefficient (Wildman–Crippen LogP) is 2.75. The summed E-state index contributed by atoms with van der Waals surface area (Å²) in [7, 11) is 0. The summed E-state index contributed by atoms with van der Waals surface area (Å²) in [5.74, 6) is -0.581. The van der Waals surface area contributed by atoms with Gasteiger partial charge < -0.3 is 5.32 Å². The number of hydrogen-bond donors (Lipinski definition) is 1. The minimum atomic E-state index is -0.435. The Morgan fingerprint density at radius 2 is 2.29 bits per heavy atom. The fraction of sp³-hybridized carbons (Fsp3) is 0.231. The van der Waals surface area contributed by atoms with E-state index >= 15 is 0 Å². The van der Waals surface area contributed by atoms with Gasteiger partial charge in [0.1, 0.15) is 0 Å². The van der Waals surface area contributed by atoms with Crippen molar-refractivity contribution in [2.24, 2.45) is 0 Å². The number of nitrogens with zero attached hydrogens (tertiary/aromatic N) is 1. The van der Waals surface area contributed by atoms with E-state index < -0.39 is 5.92 Å². The minimum absolute atomic E-state index is 0.146. The van der Waals surface area contributed by atoms with Crippen molar-refractivity contribution >= 4 is 21.8 Å². The number of hydrogen-bond acceptors (Lipinski definition) is 2. The van der Waals surface area contributed by atoms with Crippen LogP contribution in [0.5, 0.6) is 0 Å². The van der Waals surface area contributed by atoms with E-state index in [2.05, 4.69) is 33.9 Å². The highest BCUT2D eigenvalue weighted by atomic mass is 79.9. The Balaban J connectivity index is 2.74. The summed E-state index contributed by atoms with van der Waals surface area (Å²) < 4.78 is 0.850. The molecule has 0 spiro atoms. The van der Waals surface area contributed by atoms with E-state index in [0.29, 0.717) is 6.54 Å². The number of amides is 1. The molecule has 0 saturated carbocycles. The molecule has 1 atom stereocenters. The molecule has 1 amide bonds. The molecule has 1 aromatic carbocycles. The van der Waals surface area contributed by atoms with E-state index in [1.165, 1.54) is 0 Å². The fourth-order valence-corrected chi connectivity index (χ4v) is 1.99. The van der Waals surface area contributed by atoms with Crippen molar-refractivity contribution < 1.29 is 4.79 Å². The molecule has 0 radical (unpaired) electrons. The number of nitriles is 1. The van der Waals surface area contributed by atoms with Crippen molar-refractivity contribution in [3.8, 4) is 6.07 Å². The first-order valence-electron chi connectivity index (χ1n) is 5.20. The Morgan fingerprint density at radius 1 is 1.59 bits per heavy atom. The zero-order chi connectivity index (χ0) is 12.7. The van der Waals surface area contributed by atoms with Gasteiger partial charge in [0.2, 0.25) is 5.91 Å². The van der Waals surface area contributed by atoms with Crippen molar-refractivity contribution in [1.29, 1.82) is 5.26 Å². The Kier molecular flexibility index (Phi) is 5.44. The molecule has 0 saturated heterocycles. The standard InChI is InChI=1S/C13H13BrN2O/c1-2-7-16-13(17)8-10(9-15)11-5-3-4-6-12(11)14/h2-6,10H,1,7-8H2,(H,16,17). The molecule has 0 bridgehead atoms. The van der Waals surface area contributed by atoms with Crippen molar-refractivity contribution in [3.05, 3.63) is 47.0 Å². The van der Waals surface area contributed by atoms with Gasteiger partial charge >= 0.3 is 0 Å². The molecular weight excluding hydrogens is 280 g/mol.